The van der Waals surface area contributed by atoms with Crippen molar-refractivity contribution >= 4 is 15.9 Å². The second-order valence-electron chi connectivity index (χ2n) is 6.22. The molecule has 0 fully saturated rings. The predicted molar refractivity (Wildman–Crippen MR) is 89.0 cm³/mol. The first-order valence-electron chi connectivity index (χ1n) is 7.56. The van der Waals surface area contributed by atoms with Gasteiger partial charge in [-0.05, 0) is 23.8 Å². The fourth-order valence-electron chi connectivity index (χ4n) is 3.30. The Morgan fingerprint density at radius 2 is 1.74 bits per heavy atom. The third kappa shape index (κ3) is 2.39. The lowest BCUT2D eigenvalue weighted by atomic mass is 9.75. The number of fused-ring (bicyclic) bond motifs is 2. The molecule has 2 heterocycles. The van der Waals surface area contributed by atoms with Crippen molar-refractivity contribution in [3.8, 4) is 17.2 Å². The van der Waals surface area contributed by atoms with Crippen molar-refractivity contribution < 1.29 is 19.3 Å². The minimum absolute atomic E-state index is 0.0105. The van der Waals surface area contributed by atoms with Crippen molar-refractivity contribution in [2.45, 2.75) is 25.6 Å². The van der Waals surface area contributed by atoms with Crippen LogP contribution in [0.25, 0.3) is 0 Å². The van der Waals surface area contributed by atoms with E-state index >= 15 is 0 Å². The molecule has 0 aromatic heterocycles. The highest BCUT2D eigenvalue weighted by molar-refractivity contribution is 9.10. The number of aliphatic hydroxyl groups is 1. The Morgan fingerprint density at radius 3 is 2.43 bits per heavy atom. The minimum Gasteiger partial charge on any atom is -0.462 e. The SMILES string of the molecule is C[C@@H]1[C@H](c2ccc(Br)cc2)c2cc3c(cc2O[C@@]1(C)O)OCO3. The highest BCUT2D eigenvalue weighted by Crippen LogP contribution is 2.51. The van der Waals surface area contributed by atoms with Crippen LogP contribution in [-0.4, -0.2) is 17.7 Å². The van der Waals surface area contributed by atoms with Crippen LogP contribution in [0.2, 0.25) is 0 Å². The molecule has 120 valence electrons. The molecular weight excluding hydrogens is 360 g/mol. The lowest BCUT2D eigenvalue weighted by molar-refractivity contribution is -0.171. The lowest BCUT2D eigenvalue weighted by Gasteiger charge is -2.42. The molecule has 2 aromatic rings. The van der Waals surface area contributed by atoms with E-state index < -0.39 is 5.79 Å². The molecule has 4 rings (SSSR count). The van der Waals surface area contributed by atoms with Gasteiger partial charge in [0.25, 0.3) is 0 Å². The molecule has 0 radical (unpaired) electrons. The summed E-state index contributed by atoms with van der Waals surface area (Å²) in [6.45, 7) is 3.92. The highest BCUT2D eigenvalue weighted by Gasteiger charge is 2.44. The zero-order valence-electron chi connectivity index (χ0n) is 12.9. The summed E-state index contributed by atoms with van der Waals surface area (Å²) in [7, 11) is 0. The number of benzene rings is 2. The Bertz CT molecular complexity index is 754. The van der Waals surface area contributed by atoms with Gasteiger partial charge < -0.3 is 19.3 Å². The van der Waals surface area contributed by atoms with Crippen molar-refractivity contribution in [3.63, 3.8) is 0 Å². The van der Waals surface area contributed by atoms with E-state index in [1.165, 1.54) is 0 Å². The maximum atomic E-state index is 10.7. The number of hydrogen-bond donors (Lipinski definition) is 1. The van der Waals surface area contributed by atoms with E-state index in [0.29, 0.717) is 11.5 Å². The van der Waals surface area contributed by atoms with Crippen LogP contribution in [0.4, 0.5) is 0 Å². The van der Waals surface area contributed by atoms with Gasteiger partial charge >= 0.3 is 0 Å². The predicted octanol–water partition coefficient (Wildman–Crippen LogP) is 4.05. The Labute approximate surface area is 143 Å². The summed E-state index contributed by atoms with van der Waals surface area (Å²) in [5.74, 6) is 0.670. The summed E-state index contributed by atoms with van der Waals surface area (Å²) in [6.07, 6.45) is 0. The molecular formula is C18H17BrO4. The molecule has 0 saturated carbocycles. The van der Waals surface area contributed by atoms with Gasteiger partial charge in [-0.25, -0.2) is 0 Å². The van der Waals surface area contributed by atoms with E-state index in [1.807, 2.05) is 31.2 Å². The van der Waals surface area contributed by atoms with Crippen LogP contribution in [0, 0.1) is 5.92 Å². The molecule has 1 N–H and O–H groups in total. The van der Waals surface area contributed by atoms with Gasteiger partial charge in [0.05, 0.1) is 0 Å². The maximum absolute atomic E-state index is 10.7. The van der Waals surface area contributed by atoms with Gasteiger partial charge in [0.2, 0.25) is 12.6 Å². The maximum Gasteiger partial charge on any atom is 0.231 e. The minimum atomic E-state index is -1.25. The summed E-state index contributed by atoms with van der Waals surface area (Å²) in [5, 5.41) is 10.7. The van der Waals surface area contributed by atoms with Gasteiger partial charge in [0.1, 0.15) is 5.75 Å². The normalized spacial score (nSPS) is 28.2. The summed E-state index contributed by atoms with van der Waals surface area (Å²) < 4.78 is 17.8. The molecule has 0 unspecified atom stereocenters. The molecule has 0 amide bonds. The summed E-state index contributed by atoms with van der Waals surface area (Å²) in [4.78, 5) is 0. The first-order chi connectivity index (χ1) is 11.0. The molecule has 2 aromatic carbocycles. The van der Waals surface area contributed by atoms with Gasteiger partial charge in [-0.2, -0.15) is 0 Å². The molecule has 4 nitrogen and oxygen atoms in total. The van der Waals surface area contributed by atoms with Crippen LogP contribution >= 0.6 is 15.9 Å². The van der Waals surface area contributed by atoms with Gasteiger partial charge in [0.15, 0.2) is 11.5 Å². The fraction of sp³-hybridized carbons (Fsp3) is 0.333. The molecule has 2 aliphatic heterocycles. The van der Waals surface area contributed by atoms with Crippen molar-refractivity contribution in [1.82, 2.24) is 0 Å². The first kappa shape index (κ1) is 14.8. The van der Waals surface area contributed by atoms with E-state index in [9.17, 15) is 5.11 Å². The number of hydrogen-bond acceptors (Lipinski definition) is 4. The third-order valence-electron chi connectivity index (χ3n) is 4.73. The van der Waals surface area contributed by atoms with E-state index in [2.05, 4.69) is 28.1 Å². The van der Waals surface area contributed by atoms with E-state index in [4.69, 9.17) is 14.2 Å². The number of ether oxygens (including phenoxy) is 3. The molecule has 5 heteroatoms. The molecule has 2 aliphatic rings. The fourth-order valence-corrected chi connectivity index (χ4v) is 3.57. The smallest absolute Gasteiger partial charge is 0.231 e. The molecule has 0 bridgehead atoms. The number of rotatable bonds is 1. The largest absolute Gasteiger partial charge is 0.462 e. The average molecular weight is 377 g/mol. The second kappa shape index (κ2) is 5.14. The summed E-state index contributed by atoms with van der Waals surface area (Å²) in [6, 6.07) is 11.9. The Hall–Kier alpha value is -1.72. The molecule has 3 atom stereocenters. The Morgan fingerprint density at radius 1 is 1.09 bits per heavy atom. The van der Waals surface area contributed by atoms with Gasteiger partial charge in [-0.15, -0.1) is 0 Å². The summed E-state index contributed by atoms with van der Waals surface area (Å²) in [5.41, 5.74) is 2.14. The molecule has 0 saturated heterocycles. The van der Waals surface area contributed by atoms with Crippen molar-refractivity contribution in [3.05, 3.63) is 52.0 Å². The molecule has 23 heavy (non-hydrogen) atoms. The molecule has 0 spiro atoms. The van der Waals surface area contributed by atoms with E-state index in [0.717, 1.165) is 21.3 Å². The molecule has 0 aliphatic carbocycles. The lowest BCUT2D eigenvalue weighted by Crippen LogP contribution is -2.45. The average Bonchev–Trinajstić information content (AvgIpc) is 2.95. The zero-order chi connectivity index (χ0) is 16.2. The second-order valence-corrected chi connectivity index (χ2v) is 7.13. The van der Waals surface area contributed by atoms with E-state index in [1.54, 1.807) is 6.92 Å². The number of halogens is 1. The highest BCUT2D eigenvalue weighted by atomic mass is 79.9. The third-order valence-corrected chi connectivity index (χ3v) is 5.26. The van der Waals surface area contributed by atoms with E-state index in [-0.39, 0.29) is 18.6 Å². The van der Waals surface area contributed by atoms with Crippen LogP contribution in [-0.2, 0) is 0 Å². The van der Waals surface area contributed by atoms with Crippen molar-refractivity contribution in [2.75, 3.05) is 6.79 Å². The van der Waals surface area contributed by atoms with Crippen LogP contribution in [0.15, 0.2) is 40.9 Å². The van der Waals surface area contributed by atoms with Crippen LogP contribution in [0.3, 0.4) is 0 Å². The monoisotopic (exact) mass is 376 g/mol. The van der Waals surface area contributed by atoms with Gasteiger partial charge in [0, 0.05) is 34.9 Å². The van der Waals surface area contributed by atoms with Crippen molar-refractivity contribution in [2.24, 2.45) is 5.92 Å². The quantitative estimate of drug-likeness (QED) is 0.815. The first-order valence-corrected chi connectivity index (χ1v) is 8.35. The van der Waals surface area contributed by atoms with Gasteiger partial charge in [-0.3, -0.25) is 0 Å². The van der Waals surface area contributed by atoms with Crippen LogP contribution in [0.5, 0.6) is 17.2 Å². The van der Waals surface area contributed by atoms with Crippen LogP contribution < -0.4 is 14.2 Å². The summed E-state index contributed by atoms with van der Waals surface area (Å²) >= 11 is 3.47. The van der Waals surface area contributed by atoms with Crippen molar-refractivity contribution in [1.29, 1.82) is 0 Å². The van der Waals surface area contributed by atoms with Gasteiger partial charge in [-0.1, -0.05) is 35.0 Å². The zero-order valence-corrected chi connectivity index (χ0v) is 14.5. The standard InChI is InChI=1S/C18H17BrO4/c1-10-17(11-3-5-12(19)6-4-11)13-7-15-16(22-9-21-15)8-14(13)23-18(10,2)20/h3-8,10,17,20H,9H2,1-2H3/t10-,17-,18-/m1/s1. The van der Waals surface area contributed by atoms with Crippen LogP contribution in [0.1, 0.15) is 30.9 Å². The Balaban J connectivity index is 1.89. The Kier molecular flexibility index (Phi) is 3.32. The topological polar surface area (TPSA) is 47.9 Å².